The fourth-order valence-electron chi connectivity index (χ4n) is 1.57. The Bertz CT molecular complexity index is 382. The first-order valence-electron chi connectivity index (χ1n) is 5.62. The minimum atomic E-state index is 0.590. The molecule has 2 nitrogen and oxygen atoms in total. The zero-order valence-electron chi connectivity index (χ0n) is 9.99. The zero-order valence-corrected chi connectivity index (χ0v) is 11.6. The third-order valence-corrected chi connectivity index (χ3v) is 4.82. The second-order valence-electron chi connectivity index (χ2n) is 4.51. The van der Waals surface area contributed by atoms with E-state index in [0.29, 0.717) is 12.0 Å². The van der Waals surface area contributed by atoms with E-state index >= 15 is 0 Å². The summed E-state index contributed by atoms with van der Waals surface area (Å²) in [6.07, 6.45) is 0. The second kappa shape index (κ2) is 5.23. The molecule has 1 fully saturated rings. The van der Waals surface area contributed by atoms with Gasteiger partial charge in [-0.05, 0) is 34.7 Å². The smallest absolute Gasteiger partial charge is 0.157 e. The molecule has 1 saturated heterocycles. The Morgan fingerprint density at radius 1 is 1.50 bits per heavy atom. The molecule has 2 heterocycles. The van der Waals surface area contributed by atoms with Crippen molar-refractivity contribution >= 4 is 28.3 Å². The highest BCUT2D eigenvalue weighted by atomic mass is 32.2. The summed E-state index contributed by atoms with van der Waals surface area (Å²) >= 11 is 3.61. The lowest BCUT2D eigenvalue weighted by atomic mass is 10.1. The summed E-state index contributed by atoms with van der Waals surface area (Å²) in [5.74, 6) is 1.84. The maximum atomic E-state index is 4.63. The topological polar surface area (TPSA) is 24.4 Å². The van der Waals surface area contributed by atoms with Crippen LogP contribution in [0.25, 0.3) is 0 Å². The predicted octanol–water partition coefficient (Wildman–Crippen LogP) is 3.27. The van der Waals surface area contributed by atoms with Crippen LogP contribution in [0.1, 0.15) is 25.0 Å². The Kier molecular flexibility index (Phi) is 3.92. The Hall–Kier alpha value is -0.480. The molecule has 1 aromatic heterocycles. The molecule has 1 atom stereocenters. The lowest BCUT2D eigenvalue weighted by Crippen LogP contribution is -2.31. The molecule has 2 rings (SSSR count). The van der Waals surface area contributed by atoms with Crippen LogP contribution in [0.2, 0.25) is 0 Å². The van der Waals surface area contributed by atoms with Gasteiger partial charge in [-0.15, -0.1) is 0 Å². The van der Waals surface area contributed by atoms with Crippen LogP contribution in [0.5, 0.6) is 0 Å². The minimum Gasteiger partial charge on any atom is -0.361 e. The van der Waals surface area contributed by atoms with Crippen LogP contribution in [0.15, 0.2) is 15.8 Å². The Morgan fingerprint density at radius 2 is 2.31 bits per heavy atom. The quantitative estimate of drug-likeness (QED) is 0.895. The van der Waals surface area contributed by atoms with Crippen LogP contribution in [0.3, 0.4) is 0 Å². The van der Waals surface area contributed by atoms with Gasteiger partial charge in [0.1, 0.15) is 0 Å². The number of nitrogens with zero attached hydrogens (tertiary/aromatic N) is 1. The first kappa shape index (κ1) is 12.0. The first-order chi connectivity index (χ1) is 7.66. The van der Waals surface area contributed by atoms with E-state index < -0.39 is 0 Å². The van der Waals surface area contributed by atoms with Crippen LogP contribution >= 0.6 is 23.1 Å². The maximum Gasteiger partial charge on any atom is 0.157 e. The molecule has 0 spiro atoms. The monoisotopic (exact) mass is 254 g/mol. The van der Waals surface area contributed by atoms with E-state index in [0.717, 1.165) is 17.5 Å². The molecule has 0 aliphatic carbocycles. The summed E-state index contributed by atoms with van der Waals surface area (Å²) in [7, 11) is 0. The van der Waals surface area contributed by atoms with E-state index in [1.165, 1.54) is 11.1 Å². The number of aliphatic imine (C=N–C) groups is 1. The lowest BCUT2D eigenvalue weighted by Gasteiger charge is -2.13. The van der Waals surface area contributed by atoms with Crippen molar-refractivity contribution in [3.63, 3.8) is 0 Å². The molecule has 4 heteroatoms. The summed E-state index contributed by atoms with van der Waals surface area (Å²) < 4.78 is 0. The van der Waals surface area contributed by atoms with E-state index in [9.17, 15) is 0 Å². The highest BCUT2D eigenvalue weighted by molar-refractivity contribution is 8.14. The zero-order chi connectivity index (χ0) is 11.5. The fourth-order valence-corrected chi connectivity index (χ4v) is 3.61. The maximum absolute atomic E-state index is 4.63. The molecule has 0 bridgehead atoms. The molecule has 0 unspecified atom stereocenters. The van der Waals surface area contributed by atoms with Gasteiger partial charge in [0.25, 0.3) is 0 Å². The molecule has 1 aromatic rings. The molecule has 0 saturated carbocycles. The average Bonchev–Trinajstić information content (AvgIpc) is 2.83. The molecule has 0 aromatic carbocycles. The van der Waals surface area contributed by atoms with Crippen molar-refractivity contribution in [1.82, 2.24) is 5.32 Å². The standard InChI is InChI=1S/C12H18N2S2/c1-8(2)11-7-16-12(14-11)13-4-10-6-15-5-9(10)3/h5-6,8,11H,4,7H2,1-3H3,(H,13,14)/t11-/m1/s1. The molecule has 0 amide bonds. The SMILES string of the molecule is Cc1cscc1CN=C1N[C@@H](C(C)C)CS1. The van der Waals surface area contributed by atoms with Crippen LogP contribution in [0, 0.1) is 12.8 Å². The van der Waals surface area contributed by atoms with E-state index in [4.69, 9.17) is 0 Å². The Balaban J connectivity index is 1.92. The lowest BCUT2D eigenvalue weighted by molar-refractivity contribution is 0.503. The third-order valence-electron chi connectivity index (χ3n) is 2.87. The number of hydrogen-bond acceptors (Lipinski definition) is 3. The number of aryl methyl sites for hydroxylation is 1. The summed E-state index contributed by atoms with van der Waals surface area (Å²) in [5, 5.41) is 8.98. The third kappa shape index (κ3) is 2.80. The minimum absolute atomic E-state index is 0.590. The number of rotatable bonds is 3. The number of nitrogens with one attached hydrogen (secondary N) is 1. The van der Waals surface area contributed by atoms with E-state index in [2.05, 4.69) is 41.8 Å². The normalized spacial score (nSPS) is 23.0. The average molecular weight is 254 g/mol. The van der Waals surface area contributed by atoms with Gasteiger partial charge in [0.15, 0.2) is 5.17 Å². The summed E-state index contributed by atoms with van der Waals surface area (Å²) in [6, 6.07) is 0.590. The van der Waals surface area contributed by atoms with Crippen molar-refractivity contribution in [2.45, 2.75) is 33.4 Å². The van der Waals surface area contributed by atoms with Crippen LogP contribution in [0.4, 0.5) is 0 Å². The second-order valence-corrected chi connectivity index (χ2v) is 6.26. The highest BCUT2D eigenvalue weighted by Crippen LogP contribution is 2.20. The largest absolute Gasteiger partial charge is 0.361 e. The predicted molar refractivity (Wildman–Crippen MR) is 74.4 cm³/mol. The molecule has 88 valence electrons. The molecule has 0 radical (unpaired) electrons. The number of amidine groups is 1. The molecule has 1 aliphatic heterocycles. The van der Waals surface area contributed by atoms with Gasteiger partial charge >= 0.3 is 0 Å². The van der Waals surface area contributed by atoms with Gasteiger partial charge < -0.3 is 5.32 Å². The summed E-state index contributed by atoms with van der Waals surface area (Å²) in [6.45, 7) is 7.47. The number of hydrogen-bond donors (Lipinski definition) is 1. The van der Waals surface area contributed by atoms with Crippen molar-refractivity contribution in [3.8, 4) is 0 Å². The van der Waals surface area contributed by atoms with Crippen LogP contribution in [-0.2, 0) is 6.54 Å². The van der Waals surface area contributed by atoms with Crippen molar-refractivity contribution in [1.29, 1.82) is 0 Å². The van der Waals surface area contributed by atoms with Gasteiger partial charge in [-0.2, -0.15) is 11.3 Å². The Morgan fingerprint density at radius 3 is 2.88 bits per heavy atom. The van der Waals surface area contributed by atoms with Gasteiger partial charge in [0.2, 0.25) is 0 Å². The van der Waals surface area contributed by atoms with Crippen LogP contribution < -0.4 is 5.32 Å². The van der Waals surface area contributed by atoms with Gasteiger partial charge in [-0.1, -0.05) is 25.6 Å². The summed E-state index contributed by atoms with van der Waals surface area (Å²) in [5.41, 5.74) is 2.71. The van der Waals surface area contributed by atoms with E-state index in [1.807, 2.05) is 11.8 Å². The molecular weight excluding hydrogens is 236 g/mol. The number of thioether (sulfide) groups is 1. The molecular formula is C12H18N2S2. The highest BCUT2D eigenvalue weighted by Gasteiger charge is 2.22. The number of thiophene rings is 1. The van der Waals surface area contributed by atoms with Crippen molar-refractivity contribution < 1.29 is 0 Å². The van der Waals surface area contributed by atoms with Gasteiger partial charge in [-0.3, -0.25) is 4.99 Å². The van der Waals surface area contributed by atoms with E-state index in [1.54, 1.807) is 11.3 Å². The van der Waals surface area contributed by atoms with E-state index in [-0.39, 0.29) is 0 Å². The molecule has 1 N–H and O–H groups in total. The molecule has 16 heavy (non-hydrogen) atoms. The van der Waals surface area contributed by atoms with Crippen LogP contribution in [-0.4, -0.2) is 17.0 Å². The summed E-state index contributed by atoms with van der Waals surface area (Å²) in [4.78, 5) is 4.63. The van der Waals surface area contributed by atoms with Crippen molar-refractivity contribution in [2.24, 2.45) is 10.9 Å². The first-order valence-corrected chi connectivity index (χ1v) is 7.55. The van der Waals surface area contributed by atoms with Gasteiger partial charge in [0.05, 0.1) is 6.54 Å². The van der Waals surface area contributed by atoms with Crippen molar-refractivity contribution in [3.05, 3.63) is 21.9 Å². The molecule has 1 aliphatic rings. The van der Waals surface area contributed by atoms with Gasteiger partial charge in [0, 0.05) is 11.8 Å². The Labute approximate surface area is 106 Å². The van der Waals surface area contributed by atoms with Crippen molar-refractivity contribution in [2.75, 3.05) is 5.75 Å². The van der Waals surface area contributed by atoms with Gasteiger partial charge in [-0.25, -0.2) is 0 Å². The fraction of sp³-hybridized carbons (Fsp3) is 0.583.